The Balaban J connectivity index is 1.81. The molecular formula is C23H28ClF3N4O3S. The smallest absolute Gasteiger partial charge is 0.356 e. The van der Waals surface area contributed by atoms with Crippen molar-refractivity contribution in [3.05, 3.63) is 53.0 Å². The van der Waals surface area contributed by atoms with Crippen LogP contribution in [0, 0.1) is 5.82 Å². The molecule has 2 N–H and O–H groups in total. The van der Waals surface area contributed by atoms with E-state index in [4.69, 9.17) is 11.6 Å². The summed E-state index contributed by atoms with van der Waals surface area (Å²) in [7, 11) is -3.66. The summed E-state index contributed by atoms with van der Waals surface area (Å²) in [4.78, 5) is 19.0. The van der Waals surface area contributed by atoms with Crippen molar-refractivity contribution in [2.75, 3.05) is 29.0 Å². The standard InChI is InChI=1S/C23H28ClF3N4O3S/c1-14(16-7-9-19(18(25)13-16)30-35(3,33)34)22(32)28-15(2)17-8-10-20(23(24,26)27)29-21(17)31-11-5-4-6-12-31/h7-10,13-15,30H,4-6,11-12H2,1-3H3,(H,28,32). The Kier molecular flexibility index (Phi) is 8.21. The van der Waals surface area contributed by atoms with Gasteiger partial charge in [0, 0.05) is 18.7 Å². The molecular weight excluding hydrogens is 505 g/mol. The molecule has 1 aromatic carbocycles. The number of rotatable bonds is 8. The molecule has 2 heterocycles. The van der Waals surface area contributed by atoms with E-state index in [0.717, 1.165) is 37.7 Å². The van der Waals surface area contributed by atoms with Crippen LogP contribution in [-0.2, 0) is 20.2 Å². The molecule has 2 unspecified atom stereocenters. The van der Waals surface area contributed by atoms with Gasteiger partial charge in [-0.1, -0.05) is 12.1 Å². The number of pyridine rings is 1. The van der Waals surface area contributed by atoms with Crippen LogP contribution in [0.2, 0.25) is 0 Å². The summed E-state index contributed by atoms with van der Waals surface area (Å²) in [5, 5.41) is -0.774. The van der Waals surface area contributed by atoms with Gasteiger partial charge in [0.2, 0.25) is 15.9 Å². The third-order valence-electron chi connectivity index (χ3n) is 5.86. The minimum Gasteiger partial charge on any atom is -0.356 e. The molecule has 0 bridgehead atoms. The van der Waals surface area contributed by atoms with E-state index in [-0.39, 0.29) is 5.69 Å². The maximum Gasteiger partial charge on any atom is 0.364 e. The fourth-order valence-corrected chi connectivity index (χ4v) is 4.64. The second kappa shape index (κ2) is 10.6. The van der Waals surface area contributed by atoms with Gasteiger partial charge in [-0.15, -0.1) is 0 Å². The number of benzene rings is 1. The number of nitrogens with zero attached hydrogens (tertiary/aromatic N) is 2. The highest BCUT2D eigenvalue weighted by atomic mass is 35.5. The lowest BCUT2D eigenvalue weighted by Crippen LogP contribution is -2.35. The number of amides is 1. The molecule has 0 radical (unpaired) electrons. The van der Waals surface area contributed by atoms with E-state index < -0.39 is 44.8 Å². The van der Waals surface area contributed by atoms with Crippen molar-refractivity contribution in [1.29, 1.82) is 0 Å². The van der Waals surface area contributed by atoms with E-state index >= 15 is 0 Å². The molecule has 3 rings (SSSR count). The molecule has 0 saturated carbocycles. The average molecular weight is 533 g/mol. The minimum absolute atomic E-state index is 0.217. The molecule has 192 valence electrons. The van der Waals surface area contributed by atoms with Crippen LogP contribution >= 0.6 is 11.6 Å². The molecule has 12 heteroatoms. The number of sulfonamides is 1. The lowest BCUT2D eigenvalue weighted by molar-refractivity contribution is -0.122. The van der Waals surface area contributed by atoms with Crippen molar-refractivity contribution in [1.82, 2.24) is 10.3 Å². The van der Waals surface area contributed by atoms with E-state index in [9.17, 15) is 26.4 Å². The zero-order valence-corrected chi connectivity index (χ0v) is 21.2. The van der Waals surface area contributed by atoms with Crippen LogP contribution in [0.1, 0.15) is 61.9 Å². The molecule has 0 aliphatic carbocycles. The summed E-state index contributed by atoms with van der Waals surface area (Å²) >= 11 is 5.20. The van der Waals surface area contributed by atoms with Gasteiger partial charge in [0.15, 0.2) is 0 Å². The number of nitrogens with one attached hydrogen (secondary N) is 2. The third kappa shape index (κ3) is 7.00. The van der Waals surface area contributed by atoms with Gasteiger partial charge < -0.3 is 10.2 Å². The number of aromatic nitrogens is 1. The van der Waals surface area contributed by atoms with Gasteiger partial charge in [-0.2, -0.15) is 8.78 Å². The van der Waals surface area contributed by atoms with Gasteiger partial charge in [-0.3, -0.25) is 9.52 Å². The van der Waals surface area contributed by atoms with Crippen molar-refractivity contribution < 1.29 is 26.4 Å². The SMILES string of the molecule is CC(NC(=O)C(C)c1ccc(NS(C)(=O)=O)c(F)c1)c1ccc(C(F)(F)Cl)nc1N1CCCCC1. The number of hydrogen-bond donors (Lipinski definition) is 2. The summed E-state index contributed by atoms with van der Waals surface area (Å²) < 4.78 is 66.6. The number of halogens is 4. The average Bonchev–Trinajstić information content (AvgIpc) is 2.78. The first-order valence-electron chi connectivity index (χ1n) is 11.2. The fraction of sp³-hybridized carbons (Fsp3) is 0.478. The van der Waals surface area contributed by atoms with E-state index in [1.807, 2.05) is 4.90 Å². The Hall–Kier alpha value is -2.53. The minimum atomic E-state index is -3.66. The summed E-state index contributed by atoms with van der Waals surface area (Å²) in [5.74, 6) is -1.64. The predicted octanol–water partition coefficient (Wildman–Crippen LogP) is 4.85. The van der Waals surface area contributed by atoms with Gasteiger partial charge in [0.05, 0.1) is 23.9 Å². The van der Waals surface area contributed by atoms with Crippen molar-refractivity contribution in [2.45, 2.75) is 50.5 Å². The number of carbonyl (C=O) groups is 1. The van der Waals surface area contributed by atoms with Crippen LogP contribution in [0.5, 0.6) is 0 Å². The first kappa shape index (κ1) is 27.1. The van der Waals surface area contributed by atoms with Gasteiger partial charge in [-0.25, -0.2) is 17.8 Å². The molecule has 1 fully saturated rings. The van der Waals surface area contributed by atoms with E-state index in [1.165, 1.54) is 18.2 Å². The van der Waals surface area contributed by atoms with E-state index in [1.54, 1.807) is 13.8 Å². The van der Waals surface area contributed by atoms with Crippen molar-refractivity contribution in [2.24, 2.45) is 0 Å². The zero-order chi connectivity index (χ0) is 26.0. The third-order valence-corrected chi connectivity index (χ3v) is 6.64. The van der Waals surface area contributed by atoms with Gasteiger partial charge >= 0.3 is 5.38 Å². The molecule has 2 atom stereocenters. The van der Waals surface area contributed by atoms with Crippen LogP contribution in [0.4, 0.5) is 24.7 Å². The maximum absolute atomic E-state index is 14.4. The van der Waals surface area contributed by atoms with Crippen LogP contribution in [0.3, 0.4) is 0 Å². The van der Waals surface area contributed by atoms with Gasteiger partial charge in [0.25, 0.3) is 0 Å². The molecule has 2 aromatic rings. The molecule has 35 heavy (non-hydrogen) atoms. The van der Waals surface area contributed by atoms with Crippen LogP contribution in [-0.4, -0.2) is 38.7 Å². The fourth-order valence-electron chi connectivity index (χ4n) is 3.96. The maximum atomic E-state index is 14.4. The second-order valence-electron chi connectivity index (χ2n) is 8.72. The highest BCUT2D eigenvalue weighted by Gasteiger charge is 2.32. The highest BCUT2D eigenvalue weighted by Crippen LogP contribution is 2.35. The largest absolute Gasteiger partial charge is 0.364 e. The predicted molar refractivity (Wildman–Crippen MR) is 130 cm³/mol. The van der Waals surface area contributed by atoms with Crippen LogP contribution in [0.15, 0.2) is 30.3 Å². The number of hydrogen-bond acceptors (Lipinski definition) is 5. The highest BCUT2D eigenvalue weighted by molar-refractivity contribution is 7.92. The Bertz CT molecular complexity index is 1190. The zero-order valence-electron chi connectivity index (χ0n) is 19.6. The van der Waals surface area contributed by atoms with E-state index in [2.05, 4.69) is 15.0 Å². The monoisotopic (exact) mass is 532 g/mol. The summed E-state index contributed by atoms with van der Waals surface area (Å²) in [5.41, 5.74) is 0.132. The molecule has 0 spiro atoms. The van der Waals surface area contributed by atoms with Crippen molar-refractivity contribution >= 4 is 39.0 Å². The Morgan fingerprint density at radius 2 is 1.80 bits per heavy atom. The number of alkyl halides is 3. The van der Waals surface area contributed by atoms with Gasteiger partial charge in [0.1, 0.15) is 17.3 Å². The molecule has 7 nitrogen and oxygen atoms in total. The number of anilines is 2. The first-order chi connectivity index (χ1) is 16.3. The first-order valence-corrected chi connectivity index (χ1v) is 13.4. The summed E-state index contributed by atoms with van der Waals surface area (Å²) in [6, 6.07) is 5.86. The topological polar surface area (TPSA) is 91.4 Å². The molecule has 1 aliphatic heterocycles. The van der Waals surface area contributed by atoms with E-state index in [0.29, 0.717) is 30.0 Å². The molecule has 1 amide bonds. The normalized spacial score (nSPS) is 16.5. The lowest BCUT2D eigenvalue weighted by Gasteiger charge is -2.31. The van der Waals surface area contributed by atoms with Crippen molar-refractivity contribution in [3.8, 4) is 0 Å². The number of piperidine rings is 1. The summed E-state index contributed by atoms with van der Waals surface area (Å²) in [6.07, 6.45) is 3.74. The van der Waals surface area contributed by atoms with Crippen LogP contribution in [0.25, 0.3) is 0 Å². The second-order valence-corrected chi connectivity index (χ2v) is 10.9. The van der Waals surface area contributed by atoms with Gasteiger partial charge in [-0.05, 0) is 68.5 Å². The molecule has 1 saturated heterocycles. The van der Waals surface area contributed by atoms with Crippen LogP contribution < -0.4 is 14.9 Å². The lowest BCUT2D eigenvalue weighted by atomic mass is 9.98. The number of carbonyl (C=O) groups excluding carboxylic acids is 1. The Morgan fingerprint density at radius 3 is 2.37 bits per heavy atom. The molecule has 1 aliphatic rings. The Labute approximate surface area is 208 Å². The quantitative estimate of drug-likeness (QED) is 0.474. The van der Waals surface area contributed by atoms with Crippen molar-refractivity contribution in [3.63, 3.8) is 0 Å². The molecule has 1 aromatic heterocycles. The summed E-state index contributed by atoms with van der Waals surface area (Å²) in [6.45, 7) is 4.61. The Morgan fingerprint density at radius 1 is 1.14 bits per heavy atom.